The van der Waals surface area contributed by atoms with Crippen LogP contribution in [0, 0.1) is 6.92 Å². The number of rotatable bonds is 5. The first-order valence-electron chi connectivity index (χ1n) is 7.39. The molecule has 0 radical (unpaired) electrons. The van der Waals surface area contributed by atoms with E-state index in [4.69, 9.17) is 9.72 Å². The van der Waals surface area contributed by atoms with Crippen LogP contribution in [0.25, 0.3) is 0 Å². The van der Waals surface area contributed by atoms with E-state index >= 15 is 0 Å². The minimum Gasteiger partial charge on any atom is -0.381 e. The molecule has 3 nitrogen and oxygen atoms in total. The Balaban J connectivity index is 2.23. The standard InChI is InChI=1S/C15H26N2OS/c1-5-13-11(3)19-14(17-13)15(16-6-2)9-7-12(18-4)8-10-15/h12,16H,5-10H2,1-4H3. The molecule has 0 bridgehead atoms. The molecule has 0 atom stereocenters. The highest BCUT2D eigenvalue weighted by molar-refractivity contribution is 7.11. The van der Waals surface area contributed by atoms with Crippen LogP contribution in [-0.4, -0.2) is 24.7 Å². The molecule has 0 aromatic carbocycles. The van der Waals surface area contributed by atoms with E-state index in [9.17, 15) is 0 Å². The van der Waals surface area contributed by atoms with E-state index in [1.165, 1.54) is 15.6 Å². The number of hydrogen-bond donors (Lipinski definition) is 1. The molecule has 108 valence electrons. The number of aryl methyl sites for hydroxylation is 2. The Bertz CT molecular complexity index is 408. The summed E-state index contributed by atoms with van der Waals surface area (Å²) >= 11 is 1.88. The average Bonchev–Trinajstić information content (AvgIpc) is 2.82. The first-order valence-corrected chi connectivity index (χ1v) is 8.21. The third-order valence-electron chi connectivity index (χ3n) is 4.27. The number of methoxy groups -OCH3 is 1. The first kappa shape index (κ1) is 14.9. The van der Waals surface area contributed by atoms with Crippen LogP contribution in [0.1, 0.15) is 55.1 Å². The molecule has 4 heteroatoms. The van der Waals surface area contributed by atoms with Crippen molar-refractivity contribution in [1.82, 2.24) is 10.3 Å². The highest BCUT2D eigenvalue weighted by Crippen LogP contribution is 2.40. The number of aromatic nitrogens is 1. The van der Waals surface area contributed by atoms with Gasteiger partial charge in [-0.15, -0.1) is 11.3 Å². The monoisotopic (exact) mass is 282 g/mol. The van der Waals surface area contributed by atoms with Gasteiger partial charge in [-0.25, -0.2) is 4.98 Å². The summed E-state index contributed by atoms with van der Waals surface area (Å²) in [6.07, 6.45) is 5.99. The van der Waals surface area contributed by atoms with Crippen LogP contribution in [0.5, 0.6) is 0 Å². The van der Waals surface area contributed by atoms with Crippen molar-refractivity contribution in [2.75, 3.05) is 13.7 Å². The van der Waals surface area contributed by atoms with E-state index in [-0.39, 0.29) is 5.54 Å². The minimum absolute atomic E-state index is 0.0899. The van der Waals surface area contributed by atoms with Gasteiger partial charge in [0.05, 0.1) is 17.3 Å². The van der Waals surface area contributed by atoms with Gasteiger partial charge in [0.2, 0.25) is 0 Å². The first-order chi connectivity index (χ1) is 9.15. The van der Waals surface area contributed by atoms with Gasteiger partial charge in [-0.1, -0.05) is 13.8 Å². The number of nitrogens with one attached hydrogen (secondary N) is 1. The van der Waals surface area contributed by atoms with Crippen molar-refractivity contribution < 1.29 is 4.74 Å². The van der Waals surface area contributed by atoms with Crippen LogP contribution in [0.3, 0.4) is 0 Å². The van der Waals surface area contributed by atoms with Crippen LogP contribution >= 0.6 is 11.3 Å². The Kier molecular flexibility index (Phi) is 4.98. The molecule has 1 saturated carbocycles. The molecule has 1 heterocycles. The maximum Gasteiger partial charge on any atom is 0.113 e. The fourth-order valence-corrected chi connectivity index (χ4v) is 4.31. The van der Waals surface area contributed by atoms with E-state index in [1.807, 2.05) is 18.4 Å². The van der Waals surface area contributed by atoms with Crippen molar-refractivity contribution >= 4 is 11.3 Å². The van der Waals surface area contributed by atoms with E-state index in [1.54, 1.807) is 0 Å². The van der Waals surface area contributed by atoms with Gasteiger partial charge in [0.25, 0.3) is 0 Å². The Labute approximate surface area is 120 Å². The normalized spacial score (nSPS) is 27.7. The summed E-state index contributed by atoms with van der Waals surface area (Å²) < 4.78 is 5.50. The lowest BCUT2D eigenvalue weighted by Gasteiger charge is -2.39. The van der Waals surface area contributed by atoms with Crippen LogP contribution in [-0.2, 0) is 16.7 Å². The topological polar surface area (TPSA) is 34.2 Å². The summed E-state index contributed by atoms with van der Waals surface area (Å²) in [4.78, 5) is 6.29. The summed E-state index contributed by atoms with van der Waals surface area (Å²) in [7, 11) is 1.83. The number of thiazole rings is 1. The highest BCUT2D eigenvalue weighted by atomic mass is 32.1. The van der Waals surface area contributed by atoms with E-state index in [0.29, 0.717) is 6.10 Å². The molecule has 1 aliphatic carbocycles. The van der Waals surface area contributed by atoms with Crippen molar-refractivity contribution in [1.29, 1.82) is 0 Å². The molecule has 0 unspecified atom stereocenters. The van der Waals surface area contributed by atoms with Crippen LogP contribution in [0.2, 0.25) is 0 Å². The predicted molar refractivity (Wildman–Crippen MR) is 80.8 cm³/mol. The molecular weight excluding hydrogens is 256 g/mol. The van der Waals surface area contributed by atoms with Crippen LogP contribution < -0.4 is 5.32 Å². The molecular formula is C15H26N2OS. The molecule has 1 aliphatic rings. The van der Waals surface area contributed by atoms with Gasteiger partial charge in [0, 0.05) is 12.0 Å². The van der Waals surface area contributed by atoms with E-state index in [2.05, 4.69) is 26.1 Å². The molecule has 0 aliphatic heterocycles. The number of nitrogens with zero attached hydrogens (tertiary/aromatic N) is 1. The molecule has 0 spiro atoms. The summed E-state index contributed by atoms with van der Waals surface area (Å²) in [6.45, 7) is 7.57. The maximum absolute atomic E-state index is 5.50. The molecule has 1 fully saturated rings. The summed E-state index contributed by atoms with van der Waals surface area (Å²) in [5.74, 6) is 0. The Hall–Kier alpha value is -0.450. The Morgan fingerprint density at radius 1 is 1.37 bits per heavy atom. The molecule has 2 rings (SSSR count). The van der Waals surface area contributed by atoms with Gasteiger partial charge < -0.3 is 10.1 Å². The highest BCUT2D eigenvalue weighted by Gasteiger charge is 2.38. The van der Waals surface area contributed by atoms with Crippen molar-refractivity contribution in [2.24, 2.45) is 0 Å². The van der Waals surface area contributed by atoms with Gasteiger partial charge in [-0.05, 0) is 45.6 Å². The summed E-state index contributed by atoms with van der Waals surface area (Å²) in [5, 5.41) is 5.01. The zero-order chi connectivity index (χ0) is 13.9. The van der Waals surface area contributed by atoms with Crippen molar-refractivity contribution in [3.63, 3.8) is 0 Å². The largest absolute Gasteiger partial charge is 0.381 e. The zero-order valence-corrected chi connectivity index (χ0v) is 13.4. The van der Waals surface area contributed by atoms with Gasteiger partial charge in [-0.3, -0.25) is 0 Å². The molecule has 19 heavy (non-hydrogen) atoms. The Morgan fingerprint density at radius 2 is 2.05 bits per heavy atom. The van der Waals surface area contributed by atoms with Crippen molar-refractivity contribution in [3.8, 4) is 0 Å². The quantitative estimate of drug-likeness (QED) is 0.898. The Morgan fingerprint density at radius 3 is 2.53 bits per heavy atom. The second kappa shape index (κ2) is 6.33. The SMILES string of the molecule is CCNC1(c2nc(CC)c(C)s2)CCC(OC)CC1. The fourth-order valence-electron chi connectivity index (χ4n) is 3.09. The van der Waals surface area contributed by atoms with Gasteiger partial charge in [0.15, 0.2) is 0 Å². The molecule has 0 amide bonds. The van der Waals surface area contributed by atoms with Gasteiger partial charge >= 0.3 is 0 Å². The smallest absolute Gasteiger partial charge is 0.113 e. The molecule has 1 aromatic heterocycles. The van der Waals surface area contributed by atoms with E-state index in [0.717, 1.165) is 38.6 Å². The zero-order valence-electron chi connectivity index (χ0n) is 12.6. The van der Waals surface area contributed by atoms with Gasteiger partial charge in [0.1, 0.15) is 5.01 Å². The maximum atomic E-state index is 5.50. The molecule has 1 N–H and O–H groups in total. The predicted octanol–water partition coefficient (Wildman–Crippen LogP) is 3.41. The molecule has 1 aromatic rings. The minimum atomic E-state index is 0.0899. The number of hydrogen-bond acceptors (Lipinski definition) is 4. The van der Waals surface area contributed by atoms with Crippen LogP contribution in [0.4, 0.5) is 0 Å². The second-order valence-electron chi connectivity index (χ2n) is 5.42. The van der Waals surface area contributed by atoms with Gasteiger partial charge in [-0.2, -0.15) is 0 Å². The lowest BCUT2D eigenvalue weighted by atomic mass is 9.80. The lowest BCUT2D eigenvalue weighted by Crippen LogP contribution is -2.46. The number of ether oxygens (including phenoxy) is 1. The van der Waals surface area contributed by atoms with Crippen molar-refractivity contribution in [2.45, 2.75) is 64.5 Å². The summed E-state index contributed by atoms with van der Waals surface area (Å²) in [6, 6.07) is 0. The third kappa shape index (κ3) is 3.01. The summed E-state index contributed by atoms with van der Waals surface area (Å²) in [5.41, 5.74) is 1.36. The third-order valence-corrected chi connectivity index (χ3v) is 5.49. The van der Waals surface area contributed by atoms with E-state index < -0.39 is 0 Å². The molecule has 0 saturated heterocycles. The average molecular weight is 282 g/mol. The van der Waals surface area contributed by atoms with Crippen LogP contribution in [0.15, 0.2) is 0 Å². The lowest BCUT2D eigenvalue weighted by molar-refractivity contribution is 0.0407. The second-order valence-corrected chi connectivity index (χ2v) is 6.63. The van der Waals surface area contributed by atoms with Crippen molar-refractivity contribution in [3.05, 3.63) is 15.6 Å². The fraction of sp³-hybridized carbons (Fsp3) is 0.800.